The van der Waals surface area contributed by atoms with Gasteiger partial charge in [-0.2, -0.15) is 0 Å². The summed E-state index contributed by atoms with van der Waals surface area (Å²) in [4.78, 5) is 0. The lowest BCUT2D eigenvalue weighted by molar-refractivity contribution is 0.135. The minimum Gasteiger partial charge on any atom is -0.489 e. The molecule has 2 rings (SSSR count). The van der Waals surface area contributed by atoms with Crippen LogP contribution in [-0.4, -0.2) is 19.3 Å². The second-order valence-electron chi connectivity index (χ2n) is 2.73. The molecule has 1 radical (unpaired) electrons. The van der Waals surface area contributed by atoms with Crippen molar-refractivity contribution in [2.24, 2.45) is 0 Å². The van der Waals surface area contributed by atoms with E-state index in [0.717, 1.165) is 26.1 Å². The van der Waals surface area contributed by atoms with E-state index < -0.39 is 0 Å². The Morgan fingerprint density at radius 1 is 1.40 bits per heavy atom. The van der Waals surface area contributed by atoms with Gasteiger partial charge in [0.2, 0.25) is 0 Å². The summed E-state index contributed by atoms with van der Waals surface area (Å²) in [6.45, 7) is 1.71. The third-order valence-corrected chi connectivity index (χ3v) is 2.00. The van der Waals surface area contributed by atoms with Crippen LogP contribution in [0.5, 0.6) is 0 Å². The normalized spacial score (nSPS) is 32.0. The Bertz CT molecular complexity index is 145. The highest BCUT2D eigenvalue weighted by atomic mass is 16.5. The lowest BCUT2D eigenvalue weighted by atomic mass is 10.1. The van der Waals surface area contributed by atoms with E-state index in [1.54, 1.807) is 0 Å². The molecule has 2 aliphatic heterocycles. The van der Waals surface area contributed by atoms with E-state index in [-0.39, 0.29) is 0 Å². The Hall–Kier alpha value is -0.500. The highest BCUT2D eigenvalue weighted by Gasteiger charge is 2.22. The molecule has 0 bridgehead atoms. The zero-order chi connectivity index (χ0) is 6.81. The average Bonchev–Trinajstić information content (AvgIpc) is 2.59. The Morgan fingerprint density at radius 2 is 2.40 bits per heavy atom. The Kier molecular flexibility index (Phi) is 1.63. The first-order chi connectivity index (χ1) is 4.97. The third kappa shape index (κ3) is 1.03. The summed E-state index contributed by atoms with van der Waals surface area (Å²) in [6.07, 6.45) is 6.59. The fourth-order valence-electron chi connectivity index (χ4n) is 1.43. The van der Waals surface area contributed by atoms with E-state index in [4.69, 9.17) is 9.47 Å². The molecule has 2 heteroatoms. The molecule has 0 aromatic rings. The maximum atomic E-state index is 5.46. The van der Waals surface area contributed by atoms with Crippen LogP contribution >= 0.6 is 0 Å². The van der Waals surface area contributed by atoms with Gasteiger partial charge in [0.15, 0.2) is 6.26 Å². The smallest absolute Gasteiger partial charge is 0.163 e. The van der Waals surface area contributed by atoms with Crippen LogP contribution in [0.3, 0.4) is 0 Å². The van der Waals surface area contributed by atoms with Gasteiger partial charge in [-0.25, -0.2) is 0 Å². The molecule has 2 nitrogen and oxygen atoms in total. The SMILES string of the molecule is [C]1=C(C2CCCO2)CCO1. The topological polar surface area (TPSA) is 18.5 Å². The molecule has 0 N–H and O–H groups in total. The third-order valence-electron chi connectivity index (χ3n) is 2.00. The number of ether oxygens (including phenoxy) is 2. The predicted octanol–water partition coefficient (Wildman–Crippen LogP) is 1.27. The van der Waals surface area contributed by atoms with E-state index in [1.165, 1.54) is 12.0 Å². The summed E-state index contributed by atoms with van der Waals surface area (Å²) < 4.78 is 10.5. The first-order valence-corrected chi connectivity index (χ1v) is 3.82. The summed E-state index contributed by atoms with van der Waals surface area (Å²) in [5.41, 5.74) is 1.23. The molecule has 55 valence electrons. The largest absolute Gasteiger partial charge is 0.489 e. The Balaban J connectivity index is 1.97. The summed E-state index contributed by atoms with van der Waals surface area (Å²) in [7, 11) is 0. The van der Waals surface area contributed by atoms with E-state index in [9.17, 15) is 0 Å². The van der Waals surface area contributed by atoms with Crippen LogP contribution < -0.4 is 0 Å². The molecule has 0 saturated carbocycles. The van der Waals surface area contributed by atoms with Crippen molar-refractivity contribution in [3.63, 3.8) is 0 Å². The van der Waals surface area contributed by atoms with Crippen molar-refractivity contribution in [2.45, 2.75) is 25.4 Å². The Labute approximate surface area is 60.8 Å². The van der Waals surface area contributed by atoms with Gasteiger partial charge < -0.3 is 9.47 Å². The maximum Gasteiger partial charge on any atom is 0.163 e. The molecule has 0 spiro atoms. The fourth-order valence-corrected chi connectivity index (χ4v) is 1.43. The molecule has 0 amide bonds. The molecule has 1 atom stereocenters. The van der Waals surface area contributed by atoms with Gasteiger partial charge in [-0.3, -0.25) is 0 Å². The van der Waals surface area contributed by atoms with Gasteiger partial charge >= 0.3 is 0 Å². The molecule has 1 unspecified atom stereocenters. The molecule has 0 aromatic heterocycles. The van der Waals surface area contributed by atoms with Crippen LogP contribution in [-0.2, 0) is 9.47 Å². The van der Waals surface area contributed by atoms with E-state index in [1.807, 2.05) is 0 Å². The monoisotopic (exact) mass is 139 g/mol. The quantitative estimate of drug-likeness (QED) is 0.544. The van der Waals surface area contributed by atoms with Crippen LogP contribution in [0.4, 0.5) is 0 Å². The van der Waals surface area contributed by atoms with Crippen LogP contribution in [0.1, 0.15) is 19.3 Å². The van der Waals surface area contributed by atoms with Crippen LogP contribution in [0.15, 0.2) is 5.57 Å². The summed E-state index contributed by atoms with van der Waals surface area (Å²) in [6, 6.07) is 0. The minimum atomic E-state index is 0.336. The molecule has 2 heterocycles. The fraction of sp³-hybridized carbons (Fsp3) is 0.750. The van der Waals surface area contributed by atoms with Crippen LogP contribution in [0.2, 0.25) is 0 Å². The van der Waals surface area contributed by atoms with Crippen LogP contribution in [0, 0.1) is 6.26 Å². The summed E-state index contributed by atoms with van der Waals surface area (Å²) in [5, 5.41) is 0. The van der Waals surface area contributed by atoms with Gasteiger partial charge in [0.1, 0.15) is 0 Å². The highest BCUT2D eigenvalue weighted by molar-refractivity contribution is 5.06. The molecule has 1 saturated heterocycles. The van der Waals surface area contributed by atoms with Crippen molar-refractivity contribution in [2.75, 3.05) is 13.2 Å². The second kappa shape index (κ2) is 2.62. The van der Waals surface area contributed by atoms with Crippen molar-refractivity contribution in [1.29, 1.82) is 0 Å². The number of rotatable bonds is 1. The van der Waals surface area contributed by atoms with E-state index in [0.29, 0.717) is 6.10 Å². The maximum absolute atomic E-state index is 5.46. The zero-order valence-electron chi connectivity index (χ0n) is 5.93. The summed E-state index contributed by atoms with van der Waals surface area (Å²) >= 11 is 0. The van der Waals surface area contributed by atoms with E-state index in [2.05, 4.69) is 6.26 Å². The molecular weight excluding hydrogens is 128 g/mol. The minimum absolute atomic E-state index is 0.336. The number of hydrogen-bond acceptors (Lipinski definition) is 2. The van der Waals surface area contributed by atoms with E-state index >= 15 is 0 Å². The molecule has 10 heavy (non-hydrogen) atoms. The lowest BCUT2D eigenvalue weighted by Crippen LogP contribution is -2.07. The molecule has 0 aromatic carbocycles. The predicted molar refractivity (Wildman–Crippen MR) is 36.3 cm³/mol. The average molecular weight is 139 g/mol. The van der Waals surface area contributed by atoms with Gasteiger partial charge in [0, 0.05) is 18.6 Å². The molecule has 0 aliphatic carbocycles. The first-order valence-electron chi connectivity index (χ1n) is 3.82. The number of hydrogen-bond donors (Lipinski definition) is 0. The van der Waals surface area contributed by atoms with Crippen molar-refractivity contribution in [3.8, 4) is 0 Å². The first kappa shape index (κ1) is 6.23. The summed E-state index contributed by atoms with van der Waals surface area (Å²) in [5.74, 6) is 0. The van der Waals surface area contributed by atoms with Gasteiger partial charge in [0.25, 0.3) is 0 Å². The molecular formula is C8H11O2. The van der Waals surface area contributed by atoms with Crippen LogP contribution in [0.25, 0.3) is 0 Å². The molecule has 1 fully saturated rings. The van der Waals surface area contributed by atoms with Gasteiger partial charge in [-0.1, -0.05) is 0 Å². The second-order valence-corrected chi connectivity index (χ2v) is 2.73. The van der Waals surface area contributed by atoms with Crippen molar-refractivity contribution >= 4 is 0 Å². The zero-order valence-corrected chi connectivity index (χ0v) is 5.93. The van der Waals surface area contributed by atoms with Crippen molar-refractivity contribution < 1.29 is 9.47 Å². The van der Waals surface area contributed by atoms with Gasteiger partial charge in [0.05, 0.1) is 12.7 Å². The highest BCUT2D eigenvalue weighted by Crippen LogP contribution is 2.24. The van der Waals surface area contributed by atoms with Crippen molar-refractivity contribution in [3.05, 3.63) is 11.8 Å². The van der Waals surface area contributed by atoms with Crippen molar-refractivity contribution in [1.82, 2.24) is 0 Å². The van der Waals surface area contributed by atoms with Gasteiger partial charge in [-0.05, 0) is 12.8 Å². The Morgan fingerprint density at radius 3 is 3.00 bits per heavy atom. The standard InChI is InChI=1S/C8H11O2/c1-2-8(10-4-1)7-3-5-9-6-7/h8H,1-5H2. The van der Waals surface area contributed by atoms with Gasteiger partial charge in [-0.15, -0.1) is 0 Å². The molecule has 2 aliphatic rings. The lowest BCUT2D eigenvalue weighted by Gasteiger charge is -2.06.